The molecule has 0 unspecified atom stereocenters. The molecule has 7 rings (SSSR count). The lowest BCUT2D eigenvalue weighted by Crippen LogP contribution is -2.62. The normalized spacial score (nSPS) is 28.4. The maximum atomic E-state index is 14.9. The van der Waals surface area contributed by atoms with Crippen molar-refractivity contribution in [3.05, 3.63) is 88.5 Å². The fraction of sp³-hybridized carbons (Fsp3) is 0.344. The summed E-state index contributed by atoms with van der Waals surface area (Å²) in [5.41, 5.74) is 2.57. The quantitative estimate of drug-likeness (QED) is 0.486. The van der Waals surface area contributed by atoms with E-state index < -0.39 is 16.9 Å². The van der Waals surface area contributed by atoms with Crippen molar-refractivity contribution in [3.8, 4) is 5.75 Å². The van der Waals surface area contributed by atoms with Crippen molar-refractivity contribution in [2.75, 3.05) is 23.8 Å². The number of benzene rings is 3. The number of hydrogen-bond acceptors (Lipinski definition) is 5. The van der Waals surface area contributed by atoms with Crippen LogP contribution in [0.3, 0.4) is 0 Å². The number of nitrogens with one attached hydrogen (secondary N) is 2. The standard InChI is InChI=1S/C32H31N3O4/c1-4-39-25-14-8-5-10-20(25)28(36)26-24-13-9-17-35(24)32(22-16-15-18(2)19(3)27(22)34-30(32)38)31(26)21-11-6-7-12-23(21)33-29(31)37/h5-8,10-12,14-16,24,26H,4,9,13,17H2,1-3H3,(H,33,37)(H,34,38)/t24-,26+,31+,32-/m0/s1. The Morgan fingerprint density at radius 3 is 2.56 bits per heavy atom. The summed E-state index contributed by atoms with van der Waals surface area (Å²) in [5, 5.41) is 6.28. The SMILES string of the molecule is CCOc1ccccc1C(=O)[C@H]1[C@@H]2CCCN2[C@@]2(C(=O)Nc3c2ccc(C)c3C)[C@@]12C(=O)Nc1ccccc12. The van der Waals surface area contributed by atoms with Gasteiger partial charge in [-0.2, -0.15) is 0 Å². The lowest BCUT2D eigenvalue weighted by molar-refractivity contribution is -0.137. The topological polar surface area (TPSA) is 87.7 Å². The number of anilines is 2. The van der Waals surface area contributed by atoms with Crippen molar-refractivity contribution in [1.29, 1.82) is 0 Å². The number of amides is 2. The van der Waals surface area contributed by atoms with Crippen molar-refractivity contribution in [1.82, 2.24) is 4.90 Å². The smallest absolute Gasteiger partial charge is 0.251 e. The predicted molar refractivity (Wildman–Crippen MR) is 148 cm³/mol. The first-order valence-electron chi connectivity index (χ1n) is 13.7. The highest BCUT2D eigenvalue weighted by Crippen LogP contribution is 2.68. The molecule has 2 fully saturated rings. The number of ketones is 1. The highest BCUT2D eigenvalue weighted by Gasteiger charge is 2.81. The second-order valence-electron chi connectivity index (χ2n) is 11.1. The van der Waals surface area contributed by atoms with Gasteiger partial charge < -0.3 is 15.4 Å². The second-order valence-corrected chi connectivity index (χ2v) is 11.1. The Bertz CT molecular complexity index is 1580. The molecule has 2 spiro atoms. The number of aryl methyl sites for hydroxylation is 1. The molecule has 7 heteroatoms. The zero-order valence-corrected chi connectivity index (χ0v) is 22.3. The van der Waals surface area contributed by atoms with E-state index in [1.807, 2.05) is 69.3 Å². The van der Waals surface area contributed by atoms with Crippen LogP contribution in [0.25, 0.3) is 0 Å². The molecule has 0 aliphatic carbocycles. The Balaban J connectivity index is 1.58. The first kappa shape index (κ1) is 24.1. The predicted octanol–water partition coefficient (Wildman–Crippen LogP) is 4.72. The maximum Gasteiger partial charge on any atom is 0.251 e. The Morgan fingerprint density at radius 1 is 0.974 bits per heavy atom. The molecule has 7 nitrogen and oxygen atoms in total. The number of nitrogens with zero attached hydrogens (tertiary/aromatic N) is 1. The minimum Gasteiger partial charge on any atom is -0.493 e. The Labute approximate surface area is 227 Å². The summed E-state index contributed by atoms with van der Waals surface area (Å²) in [5.74, 6) is -0.988. The van der Waals surface area contributed by atoms with Crippen LogP contribution in [-0.4, -0.2) is 41.7 Å². The minimum atomic E-state index is -1.46. The van der Waals surface area contributed by atoms with Crippen LogP contribution < -0.4 is 15.4 Å². The number of para-hydroxylation sites is 2. The highest BCUT2D eigenvalue weighted by atomic mass is 16.5. The van der Waals surface area contributed by atoms with Gasteiger partial charge in [0.05, 0.1) is 18.1 Å². The molecule has 4 aliphatic heterocycles. The summed E-state index contributed by atoms with van der Waals surface area (Å²) in [6.07, 6.45) is 1.57. The van der Waals surface area contributed by atoms with Crippen LogP contribution in [0.5, 0.6) is 5.75 Å². The number of fused-ring (bicyclic) bond motifs is 7. The molecule has 0 saturated carbocycles. The van der Waals surface area contributed by atoms with E-state index in [4.69, 9.17) is 4.74 Å². The van der Waals surface area contributed by atoms with E-state index in [1.165, 1.54) is 0 Å². The second kappa shape index (κ2) is 8.26. The van der Waals surface area contributed by atoms with Gasteiger partial charge in [0, 0.05) is 23.0 Å². The van der Waals surface area contributed by atoms with Crippen molar-refractivity contribution in [3.63, 3.8) is 0 Å². The number of rotatable bonds is 4. The van der Waals surface area contributed by atoms with Crippen LogP contribution in [0.15, 0.2) is 60.7 Å². The molecule has 3 aromatic rings. The fourth-order valence-electron chi connectivity index (χ4n) is 8.01. The summed E-state index contributed by atoms with van der Waals surface area (Å²) in [7, 11) is 0. The van der Waals surface area contributed by atoms with Crippen LogP contribution in [0.1, 0.15) is 52.4 Å². The summed E-state index contributed by atoms with van der Waals surface area (Å²) >= 11 is 0. The van der Waals surface area contributed by atoms with Crippen molar-refractivity contribution in [2.24, 2.45) is 5.92 Å². The number of hydrogen-bond donors (Lipinski definition) is 2. The molecule has 39 heavy (non-hydrogen) atoms. The first-order valence-corrected chi connectivity index (χ1v) is 13.7. The summed E-state index contributed by atoms with van der Waals surface area (Å²) in [6.45, 7) is 6.94. The number of carbonyl (C=O) groups is 3. The zero-order chi connectivity index (χ0) is 27.1. The van der Waals surface area contributed by atoms with Crippen LogP contribution >= 0.6 is 0 Å². The van der Waals surface area contributed by atoms with Gasteiger partial charge in [-0.15, -0.1) is 0 Å². The average Bonchev–Trinajstić information content (AvgIpc) is 3.65. The van der Waals surface area contributed by atoms with Gasteiger partial charge in [-0.25, -0.2) is 0 Å². The van der Waals surface area contributed by atoms with Gasteiger partial charge in [0.2, 0.25) is 5.91 Å². The van der Waals surface area contributed by atoms with Crippen molar-refractivity contribution in [2.45, 2.75) is 50.6 Å². The Morgan fingerprint density at radius 2 is 1.74 bits per heavy atom. The largest absolute Gasteiger partial charge is 0.493 e. The van der Waals surface area contributed by atoms with Gasteiger partial charge in [0.25, 0.3) is 5.91 Å². The van der Waals surface area contributed by atoms with E-state index in [9.17, 15) is 14.4 Å². The third-order valence-electron chi connectivity index (χ3n) is 9.54. The van der Waals surface area contributed by atoms with E-state index >= 15 is 0 Å². The molecular formula is C32H31N3O4. The summed E-state index contributed by atoms with van der Waals surface area (Å²) in [4.78, 5) is 46.2. The highest BCUT2D eigenvalue weighted by molar-refractivity contribution is 6.21. The average molecular weight is 522 g/mol. The molecule has 2 amide bonds. The third kappa shape index (κ3) is 2.73. The molecule has 0 radical (unpaired) electrons. The molecule has 2 saturated heterocycles. The monoisotopic (exact) mass is 521 g/mol. The molecule has 4 heterocycles. The van der Waals surface area contributed by atoms with Gasteiger partial charge in [0.1, 0.15) is 16.7 Å². The van der Waals surface area contributed by atoms with Gasteiger partial charge in [-0.3, -0.25) is 19.3 Å². The van der Waals surface area contributed by atoms with E-state index in [-0.39, 0.29) is 23.6 Å². The molecule has 4 aliphatic rings. The van der Waals surface area contributed by atoms with Gasteiger partial charge >= 0.3 is 0 Å². The summed E-state index contributed by atoms with van der Waals surface area (Å²) in [6, 6.07) is 18.5. The number of carbonyl (C=O) groups excluding carboxylic acids is 3. The van der Waals surface area contributed by atoms with E-state index in [0.717, 1.165) is 35.2 Å². The van der Waals surface area contributed by atoms with Gasteiger partial charge in [0.15, 0.2) is 5.78 Å². The van der Waals surface area contributed by atoms with E-state index in [1.54, 1.807) is 12.1 Å². The molecule has 198 valence electrons. The molecular weight excluding hydrogens is 490 g/mol. The van der Waals surface area contributed by atoms with Gasteiger partial charge in [-0.05, 0) is 75.0 Å². The lowest BCUT2D eigenvalue weighted by atomic mass is 9.57. The lowest BCUT2D eigenvalue weighted by Gasteiger charge is -2.43. The Kier molecular flexibility index (Phi) is 5.11. The van der Waals surface area contributed by atoms with Gasteiger partial charge in [-0.1, -0.05) is 42.5 Å². The minimum absolute atomic E-state index is 0.162. The van der Waals surface area contributed by atoms with Crippen LogP contribution in [-0.2, 0) is 20.5 Å². The number of ether oxygens (including phenoxy) is 1. The maximum absolute atomic E-state index is 14.9. The fourth-order valence-corrected chi connectivity index (χ4v) is 8.01. The zero-order valence-electron chi connectivity index (χ0n) is 22.3. The molecule has 2 N–H and O–H groups in total. The molecule has 0 aromatic heterocycles. The van der Waals surface area contributed by atoms with E-state index in [0.29, 0.717) is 35.7 Å². The Hall–Kier alpha value is -3.97. The summed E-state index contributed by atoms with van der Waals surface area (Å²) < 4.78 is 5.89. The van der Waals surface area contributed by atoms with Crippen LogP contribution in [0.4, 0.5) is 11.4 Å². The molecule has 3 aromatic carbocycles. The first-order chi connectivity index (χ1) is 18.9. The molecule has 0 bridgehead atoms. The van der Waals surface area contributed by atoms with E-state index in [2.05, 4.69) is 15.5 Å². The number of Topliss-reactive ketones (excluding diaryl/α,β-unsaturated/α-hetero) is 1. The van der Waals surface area contributed by atoms with Crippen molar-refractivity contribution >= 4 is 29.0 Å². The molecule has 4 atom stereocenters. The van der Waals surface area contributed by atoms with Crippen molar-refractivity contribution < 1.29 is 19.1 Å². The van der Waals surface area contributed by atoms with Crippen LogP contribution in [0, 0.1) is 19.8 Å². The van der Waals surface area contributed by atoms with Crippen LogP contribution in [0.2, 0.25) is 0 Å². The third-order valence-corrected chi connectivity index (χ3v) is 9.54.